The summed E-state index contributed by atoms with van der Waals surface area (Å²) in [5, 5.41) is 8.13. The maximum atomic E-state index is 11.0. The lowest BCUT2D eigenvalue weighted by Crippen LogP contribution is -2.25. The number of carbonyl (C=O) groups is 1. The Morgan fingerprint density at radius 3 is 2.71 bits per heavy atom. The molecule has 14 heavy (non-hydrogen) atoms. The molecule has 0 radical (unpaired) electrons. The fourth-order valence-corrected chi connectivity index (χ4v) is 1.04. The third kappa shape index (κ3) is 2.79. The van der Waals surface area contributed by atoms with Gasteiger partial charge in [-0.15, -0.1) is 5.26 Å². The van der Waals surface area contributed by atoms with E-state index in [1.54, 1.807) is 7.05 Å². The van der Waals surface area contributed by atoms with Crippen LogP contribution in [0.4, 0.5) is 4.79 Å². The number of nitriles is 1. The van der Waals surface area contributed by atoms with Crippen molar-refractivity contribution in [1.82, 2.24) is 4.90 Å². The Hall–Kier alpha value is -2.02. The lowest BCUT2D eigenvalue weighted by molar-refractivity contribution is 0.150. The lowest BCUT2D eigenvalue weighted by Gasteiger charge is -2.13. The Balaban J connectivity index is 2.54. The normalized spacial score (nSPS) is 8.86. The molecule has 0 unspecified atom stereocenters. The summed E-state index contributed by atoms with van der Waals surface area (Å²) in [6, 6.07) is 9.47. The van der Waals surface area contributed by atoms with Gasteiger partial charge in [-0.25, -0.2) is 4.79 Å². The van der Waals surface area contributed by atoms with Crippen LogP contribution in [0.2, 0.25) is 0 Å². The van der Waals surface area contributed by atoms with Crippen LogP contribution in [0.3, 0.4) is 0 Å². The minimum atomic E-state index is -0.642. The zero-order valence-corrected chi connectivity index (χ0v) is 7.80. The van der Waals surface area contributed by atoms with E-state index in [0.717, 1.165) is 5.56 Å². The second kappa shape index (κ2) is 4.87. The molecule has 1 aromatic rings. The number of carbonyl (C=O) groups excluding carboxylic acids is 1. The molecule has 72 valence electrons. The molecule has 4 nitrogen and oxygen atoms in total. The Kier molecular flexibility index (Phi) is 3.50. The van der Waals surface area contributed by atoms with Gasteiger partial charge in [-0.3, -0.25) is 0 Å². The van der Waals surface area contributed by atoms with Crippen LogP contribution in [0.25, 0.3) is 0 Å². The summed E-state index contributed by atoms with van der Waals surface area (Å²) >= 11 is 0. The fourth-order valence-electron chi connectivity index (χ4n) is 1.04. The molecule has 0 aliphatic heterocycles. The molecular weight excluding hydrogens is 180 g/mol. The zero-order chi connectivity index (χ0) is 10.4. The van der Waals surface area contributed by atoms with E-state index in [0.29, 0.717) is 6.54 Å². The highest BCUT2D eigenvalue weighted by Gasteiger charge is 2.09. The molecule has 0 aromatic heterocycles. The Morgan fingerprint density at radius 1 is 1.50 bits per heavy atom. The van der Waals surface area contributed by atoms with Gasteiger partial charge in [0.2, 0.25) is 0 Å². The molecule has 0 bridgehead atoms. The Morgan fingerprint density at radius 2 is 2.14 bits per heavy atom. The second-order valence-corrected chi connectivity index (χ2v) is 2.80. The molecule has 0 aliphatic carbocycles. The number of ether oxygens (including phenoxy) is 1. The van der Waals surface area contributed by atoms with Gasteiger partial charge in [0.05, 0.1) is 0 Å². The van der Waals surface area contributed by atoms with Crippen LogP contribution in [0.15, 0.2) is 30.3 Å². The van der Waals surface area contributed by atoms with Gasteiger partial charge in [0, 0.05) is 13.6 Å². The minimum absolute atomic E-state index is 0.432. The third-order valence-corrected chi connectivity index (χ3v) is 1.71. The van der Waals surface area contributed by atoms with E-state index in [9.17, 15) is 4.79 Å². The lowest BCUT2D eigenvalue weighted by atomic mass is 10.2. The monoisotopic (exact) mass is 190 g/mol. The smallest absolute Gasteiger partial charge is 0.333 e. The summed E-state index contributed by atoms with van der Waals surface area (Å²) < 4.78 is 4.17. The second-order valence-electron chi connectivity index (χ2n) is 2.80. The first kappa shape index (κ1) is 10.1. The molecule has 1 aromatic carbocycles. The van der Waals surface area contributed by atoms with Crippen molar-refractivity contribution >= 4 is 6.09 Å². The van der Waals surface area contributed by atoms with Crippen molar-refractivity contribution in [2.45, 2.75) is 6.54 Å². The number of rotatable bonds is 2. The van der Waals surface area contributed by atoms with Crippen LogP contribution in [-0.2, 0) is 11.3 Å². The van der Waals surface area contributed by atoms with Crippen molar-refractivity contribution in [3.05, 3.63) is 35.9 Å². The first-order valence-corrected chi connectivity index (χ1v) is 4.09. The molecule has 0 atom stereocenters. The highest BCUT2D eigenvalue weighted by Crippen LogP contribution is 2.03. The van der Waals surface area contributed by atoms with Crippen molar-refractivity contribution in [2.75, 3.05) is 7.05 Å². The highest BCUT2D eigenvalue weighted by atomic mass is 16.5. The highest BCUT2D eigenvalue weighted by molar-refractivity contribution is 5.68. The number of nitrogens with zero attached hydrogens (tertiary/aromatic N) is 2. The molecular formula is C10H10N2O2. The first-order chi connectivity index (χ1) is 6.74. The topological polar surface area (TPSA) is 53.3 Å². The van der Waals surface area contributed by atoms with Crippen molar-refractivity contribution in [1.29, 1.82) is 5.26 Å². The quantitative estimate of drug-likeness (QED) is 0.667. The van der Waals surface area contributed by atoms with Crippen LogP contribution in [0.5, 0.6) is 0 Å². The molecule has 4 heteroatoms. The predicted molar refractivity (Wildman–Crippen MR) is 50.0 cm³/mol. The van der Waals surface area contributed by atoms with Crippen molar-refractivity contribution in [3.8, 4) is 6.26 Å². The van der Waals surface area contributed by atoms with Crippen molar-refractivity contribution in [3.63, 3.8) is 0 Å². The standard InChI is InChI=1S/C10H10N2O2/c1-12(10(13)14-8-11)7-9-5-3-2-4-6-9/h2-6H,7H2,1H3. The molecule has 0 saturated heterocycles. The van der Waals surface area contributed by atoms with E-state index < -0.39 is 6.09 Å². The van der Waals surface area contributed by atoms with E-state index in [-0.39, 0.29) is 0 Å². The van der Waals surface area contributed by atoms with Crippen LogP contribution in [0.1, 0.15) is 5.56 Å². The summed E-state index contributed by atoms with van der Waals surface area (Å²) in [5.41, 5.74) is 0.991. The minimum Gasteiger partial charge on any atom is -0.333 e. The number of amides is 1. The number of benzene rings is 1. The van der Waals surface area contributed by atoms with Crippen LogP contribution in [-0.4, -0.2) is 18.0 Å². The molecule has 0 heterocycles. The molecule has 0 fully saturated rings. The largest absolute Gasteiger partial charge is 0.425 e. The average Bonchev–Trinajstić information content (AvgIpc) is 2.19. The third-order valence-electron chi connectivity index (χ3n) is 1.71. The van der Waals surface area contributed by atoms with E-state index in [1.165, 1.54) is 11.2 Å². The Bertz CT molecular complexity index is 343. The van der Waals surface area contributed by atoms with Crippen molar-refractivity contribution < 1.29 is 9.53 Å². The van der Waals surface area contributed by atoms with Gasteiger partial charge in [-0.2, -0.15) is 0 Å². The van der Waals surface area contributed by atoms with E-state index in [2.05, 4.69) is 4.74 Å². The Labute approximate surface area is 82.3 Å². The van der Waals surface area contributed by atoms with Crippen molar-refractivity contribution in [2.24, 2.45) is 0 Å². The van der Waals surface area contributed by atoms with Gasteiger partial charge in [-0.1, -0.05) is 30.3 Å². The maximum Gasteiger partial charge on any atom is 0.425 e. The molecule has 1 amide bonds. The average molecular weight is 190 g/mol. The first-order valence-electron chi connectivity index (χ1n) is 4.09. The zero-order valence-electron chi connectivity index (χ0n) is 7.80. The van der Waals surface area contributed by atoms with Crippen LogP contribution < -0.4 is 0 Å². The molecule has 0 aliphatic rings. The van der Waals surface area contributed by atoms with Crippen LogP contribution >= 0.6 is 0 Å². The SMILES string of the molecule is CN(Cc1ccccc1)C(=O)OC#N. The van der Waals surface area contributed by atoms with Gasteiger partial charge in [0.25, 0.3) is 6.26 Å². The predicted octanol–water partition coefficient (Wildman–Crippen LogP) is 1.74. The molecule has 0 saturated carbocycles. The number of hydrogen-bond donors (Lipinski definition) is 0. The van der Waals surface area contributed by atoms with Gasteiger partial charge in [-0.05, 0) is 5.56 Å². The van der Waals surface area contributed by atoms with E-state index in [4.69, 9.17) is 5.26 Å². The summed E-state index contributed by atoms with van der Waals surface area (Å²) in [6.45, 7) is 0.432. The van der Waals surface area contributed by atoms with Gasteiger partial charge >= 0.3 is 6.09 Å². The molecule has 1 rings (SSSR count). The number of hydrogen-bond acceptors (Lipinski definition) is 3. The van der Waals surface area contributed by atoms with E-state index in [1.807, 2.05) is 30.3 Å². The summed E-state index contributed by atoms with van der Waals surface area (Å²) in [5.74, 6) is 0. The molecule has 0 spiro atoms. The summed E-state index contributed by atoms with van der Waals surface area (Å²) in [4.78, 5) is 12.4. The summed E-state index contributed by atoms with van der Waals surface area (Å²) in [7, 11) is 1.58. The van der Waals surface area contributed by atoms with Gasteiger partial charge < -0.3 is 9.64 Å². The van der Waals surface area contributed by atoms with E-state index >= 15 is 0 Å². The fraction of sp³-hybridized carbons (Fsp3) is 0.200. The van der Waals surface area contributed by atoms with Gasteiger partial charge in [0.15, 0.2) is 0 Å². The van der Waals surface area contributed by atoms with Crippen LogP contribution in [0, 0.1) is 11.5 Å². The molecule has 0 N–H and O–H groups in total. The summed E-state index contributed by atoms with van der Waals surface area (Å²) in [6.07, 6.45) is 0.701. The van der Waals surface area contributed by atoms with Gasteiger partial charge in [0.1, 0.15) is 0 Å². The maximum absolute atomic E-state index is 11.0.